The summed E-state index contributed by atoms with van der Waals surface area (Å²) in [6.45, 7) is 5.00. The number of aliphatic hydroxyl groups is 1. The van der Waals surface area contributed by atoms with Gasteiger partial charge in [-0.3, -0.25) is 23.9 Å². The fourth-order valence-electron chi connectivity index (χ4n) is 2.63. The van der Waals surface area contributed by atoms with Gasteiger partial charge in [-0.25, -0.2) is 4.79 Å². The van der Waals surface area contributed by atoms with Gasteiger partial charge in [-0.1, -0.05) is 6.92 Å². The van der Waals surface area contributed by atoms with Crippen LogP contribution in [-0.2, 0) is 20.9 Å². The van der Waals surface area contributed by atoms with Gasteiger partial charge in [0.1, 0.15) is 6.10 Å². The van der Waals surface area contributed by atoms with Gasteiger partial charge in [0.2, 0.25) is 6.35 Å². The van der Waals surface area contributed by atoms with Crippen molar-refractivity contribution < 1.29 is 19.4 Å². The van der Waals surface area contributed by atoms with E-state index in [1.807, 2.05) is 6.92 Å². The van der Waals surface area contributed by atoms with E-state index in [0.717, 1.165) is 0 Å². The third-order valence-electron chi connectivity index (χ3n) is 4.05. The van der Waals surface area contributed by atoms with Gasteiger partial charge in [0, 0.05) is 30.0 Å². The Bertz CT molecular complexity index is 856. The molecule has 0 bridgehead atoms. The summed E-state index contributed by atoms with van der Waals surface area (Å²) in [5, 5.41) is 12.4. The minimum Gasteiger partial charge on any atom is -0.459 e. The fraction of sp³-hybridized carbons (Fsp3) is 0.529. The summed E-state index contributed by atoms with van der Waals surface area (Å²) in [7, 11) is 0. The predicted molar refractivity (Wildman–Crippen MR) is 95.5 cm³/mol. The number of amides is 1. The third-order valence-corrected chi connectivity index (χ3v) is 4.05. The molecule has 148 valence electrons. The zero-order valence-corrected chi connectivity index (χ0v) is 15.5. The molecule has 1 amide bonds. The second-order valence-corrected chi connectivity index (χ2v) is 6.44. The molecular weight excluding hydrogens is 356 g/mol. The molecule has 3 N–H and O–H groups in total. The van der Waals surface area contributed by atoms with Crippen molar-refractivity contribution in [3.63, 3.8) is 0 Å². The summed E-state index contributed by atoms with van der Waals surface area (Å²) in [6, 6.07) is 0. The minimum atomic E-state index is -1.28. The lowest BCUT2D eigenvalue weighted by atomic mass is 10.2. The number of carbonyl (C=O) groups excluding carboxylic acids is 2. The van der Waals surface area contributed by atoms with Crippen molar-refractivity contribution in [2.75, 3.05) is 6.54 Å². The van der Waals surface area contributed by atoms with Crippen LogP contribution in [0, 0.1) is 6.92 Å². The molecule has 1 aromatic heterocycles. The lowest BCUT2D eigenvalue weighted by Gasteiger charge is -2.34. The Kier molecular flexibility index (Phi) is 6.56. The van der Waals surface area contributed by atoms with Crippen LogP contribution < -0.4 is 16.6 Å². The largest absolute Gasteiger partial charge is 0.459 e. The average molecular weight is 380 g/mol. The van der Waals surface area contributed by atoms with Crippen molar-refractivity contribution in [2.24, 2.45) is 0 Å². The highest BCUT2D eigenvalue weighted by atomic mass is 16.5. The first-order valence-electron chi connectivity index (χ1n) is 8.64. The van der Waals surface area contributed by atoms with E-state index in [9.17, 15) is 24.3 Å². The van der Waals surface area contributed by atoms with E-state index in [1.165, 1.54) is 21.9 Å². The van der Waals surface area contributed by atoms with Gasteiger partial charge < -0.3 is 20.1 Å². The van der Waals surface area contributed by atoms with Crippen LogP contribution in [0.15, 0.2) is 27.6 Å². The topological polar surface area (TPSA) is 134 Å². The molecule has 27 heavy (non-hydrogen) atoms. The maximum atomic E-state index is 12.0. The first-order chi connectivity index (χ1) is 12.7. The molecule has 0 spiro atoms. The van der Waals surface area contributed by atoms with E-state index in [1.54, 1.807) is 13.8 Å². The van der Waals surface area contributed by atoms with E-state index in [0.29, 0.717) is 17.6 Å². The van der Waals surface area contributed by atoms with Gasteiger partial charge in [-0.2, -0.15) is 0 Å². The highest BCUT2D eigenvalue weighted by molar-refractivity contribution is 5.93. The van der Waals surface area contributed by atoms with Crippen LogP contribution >= 0.6 is 0 Å². The molecule has 2 unspecified atom stereocenters. The minimum absolute atomic E-state index is 0.0179. The lowest BCUT2D eigenvalue weighted by Crippen LogP contribution is -2.53. The smallest absolute Gasteiger partial charge is 0.328 e. The van der Waals surface area contributed by atoms with Gasteiger partial charge in [-0.05, 0) is 20.3 Å². The van der Waals surface area contributed by atoms with Crippen molar-refractivity contribution >= 4 is 11.9 Å². The van der Waals surface area contributed by atoms with E-state index >= 15 is 0 Å². The molecule has 2 rings (SSSR count). The van der Waals surface area contributed by atoms with Crippen LogP contribution in [-0.4, -0.2) is 50.4 Å². The number of aliphatic hydroxyl groups excluding tert-OH is 1. The Hall–Kier alpha value is -2.88. The van der Waals surface area contributed by atoms with Crippen LogP contribution in [0.5, 0.6) is 0 Å². The number of aromatic nitrogens is 2. The first-order valence-corrected chi connectivity index (χ1v) is 8.64. The summed E-state index contributed by atoms with van der Waals surface area (Å²) in [5.74, 6) is -0.835. The molecule has 1 aliphatic rings. The number of aromatic amines is 1. The summed E-state index contributed by atoms with van der Waals surface area (Å²) < 4.78 is 6.69. The van der Waals surface area contributed by atoms with Crippen molar-refractivity contribution in [3.8, 4) is 0 Å². The Balaban J connectivity index is 2.25. The summed E-state index contributed by atoms with van der Waals surface area (Å²) in [5.41, 5.74) is -0.380. The van der Waals surface area contributed by atoms with Crippen molar-refractivity contribution in [1.82, 2.24) is 19.8 Å². The number of esters is 1. The average Bonchev–Trinajstić information content (AvgIpc) is 2.57. The maximum Gasteiger partial charge on any atom is 0.328 e. The van der Waals surface area contributed by atoms with Gasteiger partial charge >= 0.3 is 11.7 Å². The molecule has 10 nitrogen and oxygen atoms in total. The van der Waals surface area contributed by atoms with Gasteiger partial charge in [0.15, 0.2) is 0 Å². The van der Waals surface area contributed by atoms with E-state index in [4.69, 9.17) is 4.74 Å². The van der Waals surface area contributed by atoms with E-state index < -0.39 is 35.6 Å². The molecule has 10 heteroatoms. The number of aryl methyl sites for hydroxylation is 1. The van der Waals surface area contributed by atoms with Crippen LogP contribution in [0.2, 0.25) is 0 Å². The second-order valence-electron chi connectivity index (χ2n) is 6.44. The van der Waals surface area contributed by atoms with E-state index in [-0.39, 0.29) is 19.5 Å². The molecule has 1 aromatic rings. The summed E-state index contributed by atoms with van der Waals surface area (Å²) >= 11 is 0. The van der Waals surface area contributed by atoms with Crippen molar-refractivity contribution in [3.05, 3.63) is 44.4 Å². The third kappa shape index (κ3) is 5.30. The predicted octanol–water partition coefficient (Wildman–Crippen LogP) is -0.832. The lowest BCUT2D eigenvalue weighted by molar-refractivity contribution is -0.153. The monoisotopic (exact) mass is 380 g/mol. The number of rotatable bonds is 7. The molecule has 2 heterocycles. The molecule has 0 saturated carbocycles. The number of carbonyl (C=O) groups is 2. The number of nitrogens with one attached hydrogen (secondary N) is 2. The zero-order valence-electron chi connectivity index (χ0n) is 15.5. The standard InChI is InChI=1S/C17H24N4O6/c1-4-5-13(22)27-12(8-20-6-10(2)14(23)18-16(20)25)9-21-7-11(3)15(24)19-17(21)26/h6-7,12,16,25H,4-5,8-9H2,1-3H3,(H,18,23)(H,19,24,26). The summed E-state index contributed by atoms with van der Waals surface area (Å²) in [4.78, 5) is 50.7. The molecule has 0 radical (unpaired) electrons. The normalized spacial score (nSPS) is 17.9. The molecule has 0 fully saturated rings. The SMILES string of the molecule is CCCC(=O)OC(CN1C=C(C)C(=O)NC1O)Cn1cc(C)c(=O)[nH]c1=O. The number of ether oxygens (including phenoxy) is 1. The molecule has 2 atom stereocenters. The Labute approximate surface area is 155 Å². The van der Waals surface area contributed by atoms with Gasteiger partial charge in [0.25, 0.3) is 11.5 Å². The molecule has 0 aliphatic carbocycles. The van der Waals surface area contributed by atoms with Crippen LogP contribution in [0.1, 0.15) is 32.3 Å². The molecule has 0 aromatic carbocycles. The van der Waals surface area contributed by atoms with Crippen molar-refractivity contribution in [1.29, 1.82) is 0 Å². The fourth-order valence-corrected chi connectivity index (χ4v) is 2.63. The molecule has 1 aliphatic heterocycles. The second kappa shape index (κ2) is 8.67. The van der Waals surface area contributed by atoms with Crippen LogP contribution in [0.3, 0.4) is 0 Å². The van der Waals surface area contributed by atoms with Gasteiger partial charge in [-0.15, -0.1) is 0 Å². The quantitative estimate of drug-likeness (QED) is 0.526. The number of nitrogens with zero attached hydrogens (tertiary/aromatic N) is 2. The zero-order chi connectivity index (χ0) is 20.1. The van der Waals surface area contributed by atoms with Crippen LogP contribution in [0.4, 0.5) is 0 Å². The van der Waals surface area contributed by atoms with Gasteiger partial charge in [0.05, 0.1) is 13.1 Å². The maximum absolute atomic E-state index is 12.0. The summed E-state index contributed by atoms with van der Waals surface area (Å²) in [6.07, 6.45) is 1.60. The Morgan fingerprint density at radius 2 is 2.00 bits per heavy atom. The highest BCUT2D eigenvalue weighted by Crippen LogP contribution is 2.11. The number of hydrogen-bond donors (Lipinski definition) is 3. The molecular formula is C17H24N4O6. The first kappa shape index (κ1) is 20.4. The Morgan fingerprint density at radius 3 is 2.67 bits per heavy atom. The van der Waals surface area contributed by atoms with Crippen molar-refractivity contribution in [2.45, 2.75) is 52.6 Å². The van der Waals surface area contributed by atoms with Crippen LogP contribution in [0.25, 0.3) is 0 Å². The van der Waals surface area contributed by atoms with E-state index in [2.05, 4.69) is 10.3 Å². The highest BCUT2D eigenvalue weighted by Gasteiger charge is 2.27. The number of H-pyrrole nitrogens is 1. The number of hydrogen-bond acceptors (Lipinski definition) is 7. The Morgan fingerprint density at radius 1 is 1.30 bits per heavy atom. The molecule has 0 saturated heterocycles.